The normalized spacial score (nSPS) is 22.6. The maximum absolute atomic E-state index is 5.22. The van der Waals surface area contributed by atoms with E-state index in [1.165, 1.54) is 29.8 Å². The number of aryl methyl sites for hydroxylation is 1. The Kier molecular flexibility index (Phi) is 3.46. The molecule has 1 aromatic heterocycles. The van der Waals surface area contributed by atoms with Crippen LogP contribution in [0.4, 0.5) is 5.69 Å². The first kappa shape index (κ1) is 12.5. The van der Waals surface area contributed by atoms with Crippen LogP contribution in [-0.2, 0) is 0 Å². The van der Waals surface area contributed by atoms with Gasteiger partial charge in [-0.2, -0.15) is 11.8 Å². The minimum Gasteiger partial charge on any atom is -0.423 e. The lowest BCUT2D eigenvalue weighted by Gasteiger charge is -2.19. The molecule has 2 heterocycles. The quantitative estimate of drug-likeness (QED) is 0.931. The fourth-order valence-electron chi connectivity index (χ4n) is 2.38. The predicted octanol–water partition coefficient (Wildman–Crippen LogP) is 3.35. The average Bonchev–Trinajstić information content (AvgIpc) is 3.04. The maximum atomic E-state index is 5.22. The van der Waals surface area contributed by atoms with Crippen molar-refractivity contribution in [3.8, 4) is 11.5 Å². The largest absolute Gasteiger partial charge is 0.423 e. The van der Waals surface area contributed by atoms with Gasteiger partial charge >= 0.3 is 0 Å². The maximum Gasteiger partial charge on any atom is 0.247 e. The number of rotatable bonds is 3. The van der Waals surface area contributed by atoms with E-state index in [2.05, 4.69) is 41.5 Å². The molecular weight excluding hydrogens is 258 g/mol. The van der Waals surface area contributed by atoms with Gasteiger partial charge in [-0.05, 0) is 42.9 Å². The average molecular weight is 275 g/mol. The predicted molar refractivity (Wildman–Crippen MR) is 78.4 cm³/mol. The van der Waals surface area contributed by atoms with E-state index in [1.54, 1.807) is 0 Å². The molecule has 19 heavy (non-hydrogen) atoms. The van der Waals surface area contributed by atoms with Crippen LogP contribution in [0.1, 0.15) is 18.9 Å². The summed E-state index contributed by atoms with van der Waals surface area (Å²) in [7, 11) is 0. The lowest BCUT2D eigenvalue weighted by atomic mass is 10.1. The first-order valence-electron chi connectivity index (χ1n) is 6.49. The highest BCUT2D eigenvalue weighted by Gasteiger charge is 2.24. The molecule has 0 spiro atoms. The van der Waals surface area contributed by atoms with Crippen molar-refractivity contribution in [2.45, 2.75) is 31.6 Å². The van der Waals surface area contributed by atoms with Crippen molar-refractivity contribution in [1.82, 2.24) is 10.2 Å². The molecular formula is C14H17N3OS. The molecule has 1 aliphatic heterocycles. The van der Waals surface area contributed by atoms with Crippen LogP contribution in [0.5, 0.6) is 0 Å². The number of anilines is 1. The molecule has 2 aromatic rings. The standard InChI is InChI=1S/C14H17N3OS/c1-9-7-11(14-17-15-8-18-14)3-4-12(9)16-13-5-6-19-10(13)2/h3-4,7-8,10,13,16H,5-6H2,1-2H3. The van der Waals surface area contributed by atoms with Gasteiger partial charge in [0.05, 0.1) is 0 Å². The van der Waals surface area contributed by atoms with E-state index in [9.17, 15) is 0 Å². The van der Waals surface area contributed by atoms with E-state index in [-0.39, 0.29) is 0 Å². The second-order valence-corrected chi connectivity index (χ2v) is 6.37. The van der Waals surface area contributed by atoms with E-state index in [4.69, 9.17) is 4.42 Å². The van der Waals surface area contributed by atoms with Crippen LogP contribution in [0.2, 0.25) is 0 Å². The van der Waals surface area contributed by atoms with Crippen LogP contribution in [0.15, 0.2) is 29.0 Å². The fraction of sp³-hybridized carbons (Fsp3) is 0.429. The minimum absolute atomic E-state index is 0.568. The van der Waals surface area contributed by atoms with E-state index < -0.39 is 0 Å². The molecule has 3 rings (SSSR count). The van der Waals surface area contributed by atoms with Gasteiger partial charge in [0.1, 0.15) is 0 Å². The molecule has 0 radical (unpaired) electrons. The highest BCUT2D eigenvalue weighted by molar-refractivity contribution is 8.00. The van der Waals surface area contributed by atoms with Gasteiger partial charge in [-0.15, -0.1) is 10.2 Å². The summed E-state index contributed by atoms with van der Waals surface area (Å²) in [4.78, 5) is 0. The Morgan fingerprint density at radius 2 is 2.32 bits per heavy atom. The first-order valence-corrected chi connectivity index (χ1v) is 7.54. The van der Waals surface area contributed by atoms with Crippen molar-refractivity contribution in [3.63, 3.8) is 0 Å². The molecule has 2 unspecified atom stereocenters. The number of benzene rings is 1. The van der Waals surface area contributed by atoms with Crippen LogP contribution >= 0.6 is 11.8 Å². The molecule has 0 bridgehead atoms. The SMILES string of the molecule is Cc1cc(-c2nnco2)ccc1NC1CCSC1C. The van der Waals surface area contributed by atoms with Crippen molar-refractivity contribution in [2.24, 2.45) is 0 Å². The van der Waals surface area contributed by atoms with Gasteiger partial charge in [-0.25, -0.2) is 0 Å². The van der Waals surface area contributed by atoms with Crippen LogP contribution in [0.25, 0.3) is 11.5 Å². The second kappa shape index (κ2) is 5.25. The number of hydrogen-bond acceptors (Lipinski definition) is 5. The van der Waals surface area contributed by atoms with Gasteiger partial charge in [0.2, 0.25) is 12.3 Å². The Balaban J connectivity index is 1.80. The van der Waals surface area contributed by atoms with Crippen molar-refractivity contribution in [2.75, 3.05) is 11.1 Å². The third kappa shape index (κ3) is 2.61. The molecule has 1 fully saturated rings. The van der Waals surface area contributed by atoms with E-state index >= 15 is 0 Å². The van der Waals surface area contributed by atoms with Crippen molar-refractivity contribution in [1.29, 1.82) is 0 Å². The van der Waals surface area contributed by atoms with Crippen molar-refractivity contribution in [3.05, 3.63) is 30.2 Å². The number of nitrogens with zero attached hydrogens (tertiary/aromatic N) is 2. The van der Waals surface area contributed by atoms with E-state index in [0.29, 0.717) is 17.2 Å². The summed E-state index contributed by atoms with van der Waals surface area (Å²) in [5.41, 5.74) is 3.37. The second-order valence-electron chi connectivity index (χ2n) is 4.89. The van der Waals surface area contributed by atoms with Gasteiger partial charge in [0, 0.05) is 22.5 Å². The van der Waals surface area contributed by atoms with Crippen LogP contribution < -0.4 is 5.32 Å². The lowest BCUT2D eigenvalue weighted by molar-refractivity contribution is 0.568. The third-order valence-electron chi connectivity index (χ3n) is 3.55. The third-order valence-corrected chi connectivity index (χ3v) is 4.88. The Labute approximate surface area is 117 Å². The van der Waals surface area contributed by atoms with E-state index in [1.807, 2.05) is 17.8 Å². The van der Waals surface area contributed by atoms with Gasteiger partial charge in [0.25, 0.3) is 0 Å². The van der Waals surface area contributed by atoms with Crippen LogP contribution in [0.3, 0.4) is 0 Å². The molecule has 0 saturated carbocycles. The molecule has 1 aromatic carbocycles. The van der Waals surface area contributed by atoms with Crippen LogP contribution in [-0.4, -0.2) is 27.2 Å². The molecule has 0 aliphatic carbocycles. The zero-order chi connectivity index (χ0) is 13.2. The zero-order valence-corrected chi connectivity index (χ0v) is 11.9. The van der Waals surface area contributed by atoms with Crippen LogP contribution in [0, 0.1) is 6.92 Å². The van der Waals surface area contributed by atoms with Gasteiger partial charge in [0.15, 0.2) is 0 Å². The summed E-state index contributed by atoms with van der Waals surface area (Å²) in [6.07, 6.45) is 2.59. The summed E-state index contributed by atoms with van der Waals surface area (Å²) in [6.45, 7) is 4.40. The Morgan fingerprint density at radius 3 is 2.95 bits per heavy atom. The van der Waals surface area contributed by atoms with Crippen molar-refractivity contribution < 1.29 is 4.42 Å². The fourth-order valence-corrected chi connectivity index (χ4v) is 3.58. The monoisotopic (exact) mass is 275 g/mol. The molecule has 1 saturated heterocycles. The summed E-state index contributed by atoms with van der Waals surface area (Å²) in [5, 5.41) is 12.0. The molecule has 100 valence electrons. The van der Waals surface area contributed by atoms with Crippen molar-refractivity contribution >= 4 is 17.4 Å². The molecule has 1 N–H and O–H groups in total. The molecule has 5 heteroatoms. The number of hydrogen-bond donors (Lipinski definition) is 1. The smallest absolute Gasteiger partial charge is 0.247 e. The Hall–Kier alpha value is -1.49. The van der Waals surface area contributed by atoms with Gasteiger partial charge in [-0.1, -0.05) is 6.92 Å². The molecule has 0 amide bonds. The molecule has 4 nitrogen and oxygen atoms in total. The zero-order valence-electron chi connectivity index (χ0n) is 11.1. The Morgan fingerprint density at radius 1 is 1.42 bits per heavy atom. The van der Waals surface area contributed by atoms with Gasteiger partial charge in [-0.3, -0.25) is 0 Å². The van der Waals surface area contributed by atoms with Gasteiger partial charge < -0.3 is 9.73 Å². The minimum atomic E-state index is 0.568. The summed E-state index contributed by atoms with van der Waals surface area (Å²) in [6, 6.07) is 6.78. The first-order chi connectivity index (χ1) is 9.24. The summed E-state index contributed by atoms with van der Waals surface area (Å²) >= 11 is 2.04. The lowest BCUT2D eigenvalue weighted by Crippen LogP contribution is -2.25. The molecule has 2 atom stereocenters. The number of thioether (sulfide) groups is 1. The molecule has 1 aliphatic rings. The topological polar surface area (TPSA) is 51.0 Å². The summed E-state index contributed by atoms with van der Waals surface area (Å²) in [5.74, 6) is 1.82. The summed E-state index contributed by atoms with van der Waals surface area (Å²) < 4.78 is 5.22. The Bertz CT molecular complexity index is 556. The highest BCUT2D eigenvalue weighted by atomic mass is 32.2. The number of nitrogens with one attached hydrogen (secondary N) is 1. The highest BCUT2D eigenvalue weighted by Crippen LogP contribution is 2.30. The van der Waals surface area contributed by atoms with E-state index in [0.717, 1.165) is 5.56 Å². The number of aromatic nitrogens is 2.